The van der Waals surface area contributed by atoms with Gasteiger partial charge in [0.2, 0.25) is 0 Å². The Kier molecular flexibility index (Phi) is 4.48. The maximum Gasteiger partial charge on any atom is 0.273 e. The summed E-state index contributed by atoms with van der Waals surface area (Å²) in [6.07, 6.45) is 0. The van der Waals surface area contributed by atoms with Crippen molar-refractivity contribution in [3.05, 3.63) is 69.5 Å². The van der Waals surface area contributed by atoms with Gasteiger partial charge in [0.05, 0.1) is 11.4 Å². The Bertz CT molecular complexity index is 1220. The summed E-state index contributed by atoms with van der Waals surface area (Å²) in [6.45, 7) is 4.12. The summed E-state index contributed by atoms with van der Waals surface area (Å²) < 4.78 is 1.36. The molecule has 28 heavy (non-hydrogen) atoms. The van der Waals surface area contributed by atoms with Crippen LogP contribution in [0.4, 0.5) is 11.5 Å². The van der Waals surface area contributed by atoms with Crippen molar-refractivity contribution in [1.29, 1.82) is 0 Å². The molecule has 4 rings (SSSR count). The van der Waals surface area contributed by atoms with E-state index < -0.39 is 0 Å². The molecule has 0 aliphatic carbocycles. The summed E-state index contributed by atoms with van der Waals surface area (Å²) in [5, 5.41) is 6.37. The van der Waals surface area contributed by atoms with Gasteiger partial charge in [-0.15, -0.1) is 11.3 Å². The van der Waals surface area contributed by atoms with E-state index in [1.54, 1.807) is 12.1 Å². The number of para-hydroxylation sites is 1. The van der Waals surface area contributed by atoms with Gasteiger partial charge in [-0.1, -0.05) is 32.0 Å². The molecule has 0 saturated carbocycles. The third kappa shape index (κ3) is 3.18. The summed E-state index contributed by atoms with van der Waals surface area (Å²) in [4.78, 5) is 30.7. The number of hydrogen-bond acceptors (Lipinski definition) is 5. The fourth-order valence-corrected chi connectivity index (χ4v) is 3.91. The van der Waals surface area contributed by atoms with E-state index in [-0.39, 0.29) is 17.4 Å². The van der Waals surface area contributed by atoms with E-state index in [9.17, 15) is 9.59 Å². The molecule has 0 bridgehead atoms. The number of fused-ring (bicyclic) bond motifs is 1. The van der Waals surface area contributed by atoms with E-state index in [2.05, 4.69) is 29.2 Å². The van der Waals surface area contributed by atoms with E-state index >= 15 is 0 Å². The molecule has 0 aliphatic heterocycles. The van der Waals surface area contributed by atoms with Gasteiger partial charge < -0.3 is 11.1 Å². The number of nitrogens with zero attached hydrogens (tertiary/aromatic N) is 2. The molecule has 7 nitrogen and oxygen atoms in total. The van der Waals surface area contributed by atoms with Crippen molar-refractivity contribution in [1.82, 2.24) is 14.8 Å². The molecule has 3 heterocycles. The van der Waals surface area contributed by atoms with E-state index in [1.807, 2.05) is 30.3 Å². The average molecular weight is 393 g/mol. The number of pyridine rings is 1. The molecule has 0 radical (unpaired) electrons. The summed E-state index contributed by atoms with van der Waals surface area (Å²) in [6, 6.07) is 14.3. The number of rotatable bonds is 4. The fraction of sp³-hybridized carbons (Fsp3) is 0.150. The quantitative estimate of drug-likeness (QED) is 0.491. The topological polar surface area (TPSA) is 106 Å². The highest BCUT2D eigenvalue weighted by Gasteiger charge is 2.19. The van der Waals surface area contributed by atoms with Gasteiger partial charge in [0.25, 0.3) is 11.5 Å². The monoisotopic (exact) mass is 393 g/mol. The number of carbonyl (C=O) groups is 1. The highest BCUT2D eigenvalue weighted by Crippen LogP contribution is 2.33. The van der Waals surface area contributed by atoms with Gasteiger partial charge in [-0.2, -0.15) is 0 Å². The summed E-state index contributed by atoms with van der Waals surface area (Å²) in [5.41, 5.74) is 7.93. The predicted molar refractivity (Wildman–Crippen MR) is 112 cm³/mol. The molecule has 1 aromatic carbocycles. The molecular formula is C20H19N5O2S. The predicted octanol–water partition coefficient (Wildman–Crippen LogP) is 3.73. The van der Waals surface area contributed by atoms with Gasteiger partial charge in [-0.25, -0.2) is 9.67 Å². The molecule has 0 aliphatic rings. The largest absolute Gasteiger partial charge is 0.397 e. The third-order valence-corrected chi connectivity index (χ3v) is 5.51. The Labute approximate surface area is 164 Å². The molecule has 3 aromatic heterocycles. The van der Waals surface area contributed by atoms with Crippen LogP contribution in [0.1, 0.15) is 35.1 Å². The molecule has 8 heteroatoms. The number of aromatic nitrogens is 3. The Morgan fingerprint density at radius 2 is 1.96 bits per heavy atom. The van der Waals surface area contributed by atoms with Gasteiger partial charge in [-0.05, 0) is 30.2 Å². The van der Waals surface area contributed by atoms with Crippen molar-refractivity contribution in [2.24, 2.45) is 0 Å². The van der Waals surface area contributed by atoms with Crippen LogP contribution in [0.2, 0.25) is 0 Å². The molecule has 4 N–H and O–H groups in total. The number of nitrogens with two attached hydrogens (primary N) is 1. The number of nitrogens with one attached hydrogen (secondary N) is 2. The number of H-pyrrole nitrogens is 1. The van der Waals surface area contributed by atoms with Crippen molar-refractivity contribution in [2.45, 2.75) is 19.8 Å². The van der Waals surface area contributed by atoms with Crippen molar-refractivity contribution >= 4 is 39.0 Å². The zero-order chi connectivity index (χ0) is 19.8. The van der Waals surface area contributed by atoms with Gasteiger partial charge in [0.15, 0.2) is 0 Å². The highest BCUT2D eigenvalue weighted by atomic mass is 32.1. The normalized spacial score (nSPS) is 11.2. The van der Waals surface area contributed by atoms with Crippen molar-refractivity contribution < 1.29 is 4.79 Å². The Morgan fingerprint density at radius 3 is 2.68 bits per heavy atom. The van der Waals surface area contributed by atoms with E-state index in [0.29, 0.717) is 22.1 Å². The second kappa shape index (κ2) is 6.97. The minimum atomic E-state index is -0.381. The Balaban J connectivity index is 1.64. The second-order valence-electron chi connectivity index (χ2n) is 6.72. The van der Waals surface area contributed by atoms with Crippen LogP contribution < -0.4 is 16.6 Å². The first-order chi connectivity index (χ1) is 13.4. The molecule has 0 saturated heterocycles. The highest BCUT2D eigenvalue weighted by molar-refractivity contribution is 7.21. The van der Waals surface area contributed by atoms with Crippen molar-refractivity contribution in [2.75, 3.05) is 11.1 Å². The van der Waals surface area contributed by atoms with Gasteiger partial charge >= 0.3 is 0 Å². The molecule has 0 fully saturated rings. The first-order valence-electron chi connectivity index (χ1n) is 8.82. The maximum absolute atomic E-state index is 12.7. The van der Waals surface area contributed by atoms with Crippen LogP contribution >= 0.6 is 11.3 Å². The van der Waals surface area contributed by atoms with E-state index in [1.165, 1.54) is 22.1 Å². The van der Waals surface area contributed by atoms with Crippen molar-refractivity contribution in [3.63, 3.8) is 0 Å². The number of anilines is 2. The number of thiophene rings is 1. The average Bonchev–Trinajstić information content (AvgIpc) is 3.22. The van der Waals surface area contributed by atoms with Crippen LogP contribution in [0.15, 0.2) is 53.3 Å². The number of hydrogen-bond donors (Lipinski definition) is 3. The summed E-state index contributed by atoms with van der Waals surface area (Å²) >= 11 is 1.24. The first-order valence-corrected chi connectivity index (χ1v) is 9.63. The third-order valence-electron chi connectivity index (χ3n) is 4.40. The molecule has 0 atom stereocenters. The number of carbonyl (C=O) groups excluding carboxylic acids is 1. The molecule has 0 spiro atoms. The van der Waals surface area contributed by atoms with Gasteiger partial charge in [0, 0.05) is 17.1 Å². The van der Waals surface area contributed by atoms with Crippen LogP contribution in [0.5, 0.6) is 0 Å². The minimum absolute atomic E-state index is 0.269. The van der Waals surface area contributed by atoms with Crippen molar-refractivity contribution in [3.8, 4) is 5.69 Å². The summed E-state index contributed by atoms with van der Waals surface area (Å²) in [7, 11) is 0. The smallest absolute Gasteiger partial charge is 0.273 e. The second-order valence-corrected chi connectivity index (χ2v) is 7.72. The summed E-state index contributed by atoms with van der Waals surface area (Å²) in [5.74, 6) is 0.201. The standard InChI is InChI=1S/C20H19N5O2S/c1-11(2)14-9-8-13-17(21)18(28-20(13)22-14)19(27)23-15-10-16(26)25(24-15)12-6-4-3-5-7-12/h3-11,24H,21H2,1-2H3,(H,23,27). The van der Waals surface area contributed by atoms with Crippen LogP contribution in [-0.4, -0.2) is 20.7 Å². The minimum Gasteiger partial charge on any atom is -0.397 e. The zero-order valence-corrected chi connectivity index (χ0v) is 16.2. The molecular weight excluding hydrogens is 374 g/mol. The van der Waals surface area contributed by atoms with Gasteiger partial charge in [-0.3, -0.25) is 14.7 Å². The lowest BCUT2D eigenvalue weighted by Crippen LogP contribution is -2.13. The van der Waals surface area contributed by atoms with Crippen LogP contribution in [0, 0.1) is 0 Å². The van der Waals surface area contributed by atoms with Gasteiger partial charge in [0.1, 0.15) is 15.5 Å². The number of nitrogen functional groups attached to an aromatic ring is 1. The maximum atomic E-state index is 12.7. The van der Waals surface area contributed by atoms with E-state index in [0.717, 1.165) is 15.9 Å². The SMILES string of the molecule is CC(C)c1ccc2c(N)c(C(=O)Nc3cc(=O)n(-c4ccccc4)[nH]3)sc2n1. The lowest BCUT2D eigenvalue weighted by molar-refractivity contribution is 0.103. The Morgan fingerprint density at radius 1 is 1.21 bits per heavy atom. The lowest BCUT2D eigenvalue weighted by atomic mass is 10.1. The van der Waals surface area contributed by atoms with Crippen LogP contribution in [0.25, 0.3) is 15.9 Å². The van der Waals surface area contributed by atoms with Crippen LogP contribution in [0.3, 0.4) is 0 Å². The Hall–Kier alpha value is -3.39. The molecule has 142 valence electrons. The zero-order valence-electron chi connectivity index (χ0n) is 15.4. The lowest BCUT2D eigenvalue weighted by Gasteiger charge is -2.03. The molecule has 4 aromatic rings. The number of benzene rings is 1. The van der Waals surface area contributed by atoms with E-state index in [4.69, 9.17) is 5.73 Å². The number of amides is 1. The van der Waals surface area contributed by atoms with Crippen LogP contribution in [-0.2, 0) is 0 Å². The number of aromatic amines is 1. The molecule has 0 unspecified atom stereocenters. The molecule has 1 amide bonds. The first kappa shape index (κ1) is 18.0. The fourth-order valence-electron chi connectivity index (χ4n) is 2.91.